The molecule has 0 unspecified atom stereocenters. The minimum atomic E-state index is -0.616. The molecule has 0 aliphatic heterocycles. The van der Waals surface area contributed by atoms with Gasteiger partial charge in [-0.25, -0.2) is 0 Å². The highest BCUT2D eigenvalue weighted by Gasteiger charge is 2.26. The summed E-state index contributed by atoms with van der Waals surface area (Å²) in [5, 5.41) is 2.86. The monoisotopic (exact) mass is 384 g/mol. The Labute approximate surface area is 166 Å². The molecule has 0 heterocycles. The lowest BCUT2D eigenvalue weighted by molar-refractivity contribution is -0.142. The van der Waals surface area contributed by atoms with Crippen LogP contribution in [0.2, 0.25) is 0 Å². The Hall–Kier alpha value is -2.86. The molecule has 0 radical (unpaired) electrons. The molecular weight excluding hydrogens is 356 g/mol. The van der Waals surface area contributed by atoms with Crippen LogP contribution in [-0.2, 0) is 20.9 Å². The normalized spacial score (nSPS) is 11.5. The molecule has 1 atom stereocenters. The van der Waals surface area contributed by atoms with Gasteiger partial charge in [0, 0.05) is 26.8 Å². The van der Waals surface area contributed by atoms with Crippen molar-refractivity contribution in [2.75, 3.05) is 26.9 Å². The van der Waals surface area contributed by atoms with E-state index in [-0.39, 0.29) is 18.4 Å². The number of hydrogen-bond acceptors (Lipinski definition) is 4. The summed E-state index contributed by atoms with van der Waals surface area (Å²) in [6, 6.07) is 18.1. The van der Waals surface area contributed by atoms with Crippen LogP contribution in [0, 0.1) is 0 Å². The summed E-state index contributed by atoms with van der Waals surface area (Å²) in [5.74, 6) is 0.180. The molecular formula is C22H28N2O4. The van der Waals surface area contributed by atoms with E-state index in [2.05, 4.69) is 5.32 Å². The fourth-order valence-corrected chi connectivity index (χ4v) is 2.68. The van der Waals surface area contributed by atoms with Crippen LogP contribution in [0.4, 0.5) is 0 Å². The Morgan fingerprint density at radius 1 is 1.04 bits per heavy atom. The van der Waals surface area contributed by atoms with Crippen molar-refractivity contribution < 1.29 is 19.1 Å². The maximum atomic E-state index is 12.8. The third-order valence-electron chi connectivity index (χ3n) is 4.29. The van der Waals surface area contributed by atoms with Gasteiger partial charge < -0.3 is 19.7 Å². The zero-order chi connectivity index (χ0) is 20.2. The molecule has 0 bridgehead atoms. The summed E-state index contributed by atoms with van der Waals surface area (Å²) >= 11 is 0. The van der Waals surface area contributed by atoms with Crippen LogP contribution >= 0.6 is 0 Å². The van der Waals surface area contributed by atoms with E-state index >= 15 is 0 Å². The van der Waals surface area contributed by atoms with Crippen LogP contribution in [0.3, 0.4) is 0 Å². The van der Waals surface area contributed by atoms with Crippen LogP contribution < -0.4 is 10.1 Å². The van der Waals surface area contributed by atoms with Crippen LogP contribution in [0.15, 0.2) is 60.7 Å². The Bertz CT molecular complexity index is 722. The number of ether oxygens (including phenoxy) is 2. The first-order chi connectivity index (χ1) is 13.6. The van der Waals surface area contributed by atoms with Gasteiger partial charge in [-0.2, -0.15) is 0 Å². The van der Waals surface area contributed by atoms with Gasteiger partial charge in [-0.05, 0) is 31.0 Å². The quantitative estimate of drug-likeness (QED) is 0.605. The van der Waals surface area contributed by atoms with Crippen LogP contribution in [0.25, 0.3) is 0 Å². The van der Waals surface area contributed by atoms with Gasteiger partial charge in [-0.15, -0.1) is 0 Å². The lowest BCUT2D eigenvalue weighted by Crippen LogP contribution is -2.49. The minimum absolute atomic E-state index is 0.127. The number of carbonyl (C=O) groups excluding carboxylic acids is 2. The molecule has 2 rings (SSSR count). The van der Waals surface area contributed by atoms with E-state index in [0.29, 0.717) is 25.4 Å². The van der Waals surface area contributed by atoms with E-state index in [1.807, 2.05) is 48.5 Å². The van der Waals surface area contributed by atoms with Crippen LogP contribution in [-0.4, -0.2) is 49.6 Å². The Balaban J connectivity index is 2.02. The number of rotatable bonds is 11. The standard InChI is InChI=1S/C22H28N2O4/c1-18(22(26)23-14-9-15-27-2)24(16-19-10-5-3-6-11-19)21(25)17-28-20-12-7-4-8-13-20/h3-8,10-13,18H,9,14-17H2,1-2H3,(H,23,26)/t18-/m0/s1. The van der Waals surface area contributed by atoms with Crippen LogP contribution in [0.5, 0.6) is 5.75 Å². The molecule has 0 spiro atoms. The van der Waals surface area contributed by atoms with E-state index < -0.39 is 6.04 Å². The van der Waals surface area contributed by atoms with E-state index in [0.717, 1.165) is 12.0 Å². The molecule has 2 amide bonds. The zero-order valence-corrected chi connectivity index (χ0v) is 16.5. The molecule has 2 aromatic rings. The lowest BCUT2D eigenvalue weighted by atomic mass is 10.1. The van der Waals surface area contributed by atoms with Crippen LogP contribution in [0.1, 0.15) is 18.9 Å². The second kappa shape index (κ2) is 11.8. The van der Waals surface area contributed by atoms with Gasteiger partial charge in [0.1, 0.15) is 11.8 Å². The van der Waals surface area contributed by atoms with E-state index in [1.54, 1.807) is 31.1 Å². The Kier molecular flexibility index (Phi) is 9.01. The van der Waals surface area contributed by atoms with Gasteiger partial charge >= 0.3 is 0 Å². The van der Waals surface area contributed by atoms with Gasteiger partial charge in [-0.1, -0.05) is 48.5 Å². The summed E-state index contributed by atoms with van der Waals surface area (Å²) in [5.41, 5.74) is 0.953. The van der Waals surface area contributed by atoms with Crippen molar-refractivity contribution in [1.82, 2.24) is 10.2 Å². The van der Waals surface area contributed by atoms with Crippen molar-refractivity contribution in [3.8, 4) is 5.75 Å². The molecule has 28 heavy (non-hydrogen) atoms. The Morgan fingerprint density at radius 3 is 2.32 bits per heavy atom. The summed E-state index contributed by atoms with van der Waals surface area (Å²) in [6.45, 7) is 3.02. The third kappa shape index (κ3) is 7.04. The predicted molar refractivity (Wildman–Crippen MR) is 108 cm³/mol. The molecule has 0 aliphatic carbocycles. The summed E-state index contributed by atoms with van der Waals surface area (Å²) in [6.07, 6.45) is 0.721. The molecule has 0 saturated heterocycles. The average molecular weight is 384 g/mol. The fraction of sp³-hybridized carbons (Fsp3) is 0.364. The van der Waals surface area contributed by atoms with Crippen molar-refractivity contribution in [3.63, 3.8) is 0 Å². The summed E-state index contributed by atoms with van der Waals surface area (Å²) < 4.78 is 10.6. The maximum absolute atomic E-state index is 12.8. The molecule has 0 aliphatic rings. The molecule has 150 valence electrons. The lowest BCUT2D eigenvalue weighted by Gasteiger charge is -2.28. The van der Waals surface area contributed by atoms with E-state index in [4.69, 9.17) is 9.47 Å². The summed E-state index contributed by atoms with van der Waals surface area (Å²) in [4.78, 5) is 26.9. The number of para-hydroxylation sites is 1. The third-order valence-corrected chi connectivity index (χ3v) is 4.29. The van der Waals surface area contributed by atoms with Gasteiger partial charge in [0.2, 0.25) is 5.91 Å². The molecule has 6 nitrogen and oxygen atoms in total. The number of amides is 2. The fourth-order valence-electron chi connectivity index (χ4n) is 2.68. The van der Waals surface area contributed by atoms with Crippen molar-refractivity contribution in [2.24, 2.45) is 0 Å². The number of benzene rings is 2. The highest BCUT2D eigenvalue weighted by molar-refractivity contribution is 5.87. The molecule has 0 aromatic heterocycles. The first-order valence-electron chi connectivity index (χ1n) is 9.39. The number of nitrogens with one attached hydrogen (secondary N) is 1. The highest BCUT2D eigenvalue weighted by Crippen LogP contribution is 2.12. The van der Waals surface area contributed by atoms with Gasteiger partial charge in [0.15, 0.2) is 6.61 Å². The van der Waals surface area contributed by atoms with Gasteiger partial charge in [0.25, 0.3) is 5.91 Å². The van der Waals surface area contributed by atoms with Crippen molar-refractivity contribution in [3.05, 3.63) is 66.2 Å². The van der Waals surface area contributed by atoms with E-state index in [1.165, 1.54) is 0 Å². The number of carbonyl (C=O) groups is 2. The molecule has 1 N–H and O–H groups in total. The summed E-state index contributed by atoms with van der Waals surface area (Å²) in [7, 11) is 1.62. The zero-order valence-electron chi connectivity index (χ0n) is 16.5. The highest BCUT2D eigenvalue weighted by atomic mass is 16.5. The number of hydrogen-bond donors (Lipinski definition) is 1. The van der Waals surface area contributed by atoms with Crippen molar-refractivity contribution >= 4 is 11.8 Å². The topological polar surface area (TPSA) is 67.9 Å². The first kappa shape index (κ1) is 21.4. The molecule has 0 saturated carbocycles. The largest absolute Gasteiger partial charge is 0.484 e. The molecule has 2 aromatic carbocycles. The van der Waals surface area contributed by atoms with E-state index in [9.17, 15) is 9.59 Å². The second-order valence-electron chi connectivity index (χ2n) is 6.42. The van der Waals surface area contributed by atoms with Gasteiger partial charge in [0.05, 0.1) is 0 Å². The number of methoxy groups -OCH3 is 1. The number of nitrogens with zero attached hydrogens (tertiary/aromatic N) is 1. The molecule has 0 fully saturated rings. The smallest absolute Gasteiger partial charge is 0.261 e. The minimum Gasteiger partial charge on any atom is -0.484 e. The Morgan fingerprint density at radius 2 is 1.68 bits per heavy atom. The molecule has 6 heteroatoms. The van der Waals surface area contributed by atoms with Crippen molar-refractivity contribution in [2.45, 2.75) is 25.9 Å². The SMILES string of the molecule is COCCCNC(=O)[C@H](C)N(Cc1ccccc1)C(=O)COc1ccccc1. The average Bonchev–Trinajstić information content (AvgIpc) is 2.74. The van der Waals surface area contributed by atoms with Gasteiger partial charge in [-0.3, -0.25) is 9.59 Å². The maximum Gasteiger partial charge on any atom is 0.261 e. The first-order valence-corrected chi connectivity index (χ1v) is 9.39. The van der Waals surface area contributed by atoms with Crippen molar-refractivity contribution in [1.29, 1.82) is 0 Å². The second-order valence-corrected chi connectivity index (χ2v) is 6.42. The predicted octanol–water partition coefficient (Wildman–Crippen LogP) is 2.64.